The molecule has 0 radical (unpaired) electrons. The fourth-order valence-corrected chi connectivity index (χ4v) is 1.59. The van der Waals surface area contributed by atoms with Crippen LogP contribution in [-0.2, 0) is 0 Å². The Bertz CT molecular complexity index is 352. The molecule has 1 N–H and O–H groups in total. The normalized spacial score (nSPS) is 11.6. The molecule has 0 aromatic carbocycles. The lowest BCUT2D eigenvalue weighted by Gasteiger charge is -2.12. The zero-order chi connectivity index (χ0) is 10.4. The second-order valence-corrected chi connectivity index (χ2v) is 3.82. The molecule has 0 saturated heterocycles. The maximum absolute atomic E-state index is 4.13. The minimum atomic E-state index is 0.257. The third-order valence-electron chi connectivity index (χ3n) is 1.96. The van der Waals surface area contributed by atoms with Crippen LogP contribution < -0.4 is 5.32 Å². The van der Waals surface area contributed by atoms with Gasteiger partial charge in [0.25, 0.3) is 0 Å². The van der Waals surface area contributed by atoms with Gasteiger partial charge in [-0.1, -0.05) is 0 Å². The van der Waals surface area contributed by atoms with Crippen LogP contribution in [0.25, 0.3) is 0 Å². The number of halogens is 1. The van der Waals surface area contributed by atoms with Gasteiger partial charge in [0.2, 0.25) is 0 Å². The van der Waals surface area contributed by atoms with Gasteiger partial charge in [0.05, 0.1) is 0 Å². The van der Waals surface area contributed by atoms with Crippen molar-refractivity contribution in [1.29, 1.82) is 0 Å². The first kappa shape index (κ1) is 11.2. The van der Waals surface area contributed by atoms with E-state index in [1.54, 1.807) is 6.20 Å². The van der Waals surface area contributed by atoms with Crippen LogP contribution in [0, 0.1) is 11.8 Å². The Morgan fingerprint density at radius 1 is 1.57 bits per heavy atom. The summed E-state index contributed by atoms with van der Waals surface area (Å²) in [4.78, 5) is 4.13. The second-order valence-electron chi connectivity index (χ2n) is 2.91. The molecule has 0 aliphatic rings. The number of nitrogens with one attached hydrogen (secondary N) is 1. The first-order valence-corrected chi connectivity index (χ1v) is 5.24. The number of pyridine rings is 1. The van der Waals surface area contributed by atoms with E-state index >= 15 is 0 Å². The number of aromatic nitrogens is 1. The standard InChI is InChI=1S/C11H13BrN2/c1-3-4-5-11(13-2)9-6-10(12)8-14-7-9/h6-8,11,13H,5H2,1-2H3. The van der Waals surface area contributed by atoms with Gasteiger partial charge >= 0.3 is 0 Å². The summed E-state index contributed by atoms with van der Waals surface area (Å²) in [7, 11) is 1.93. The van der Waals surface area contributed by atoms with E-state index in [-0.39, 0.29) is 6.04 Å². The molecule has 2 nitrogen and oxygen atoms in total. The highest BCUT2D eigenvalue weighted by Crippen LogP contribution is 2.18. The van der Waals surface area contributed by atoms with Gasteiger partial charge in [-0.2, -0.15) is 0 Å². The predicted molar refractivity (Wildman–Crippen MR) is 61.8 cm³/mol. The van der Waals surface area contributed by atoms with Crippen molar-refractivity contribution in [3.05, 3.63) is 28.5 Å². The first-order chi connectivity index (χ1) is 6.77. The van der Waals surface area contributed by atoms with E-state index in [2.05, 4.69) is 44.1 Å². The number of hydrogen-bond donors (Lipinski definition) is 1. The minimum Gasteiger partial charge on any atom is -0.312 e. The SMILES string of the molecule is CC#CCC(NC)c1cncc(Br)c1. The maximum Gasteiger partial charge on any atom is 0.0444 e. The molecule has 0 saturated carbocycles. The van der Waals surface area contributed by atoms with Gasteiger partial charge in [0, 0.05) is 29.3 Å². The summed E-state index contributed by atoms with van der Waals surface area (Å²) in [5, 5.41) is 3.22. The van der Waals surface area contributed by atoms with Gasteiger partial charge < -0.3 is 5.32 Å². The fraction of sp³-hybridized carbons (Fsp3) is 0.364. The van der Waals surface area contributed by atoms with Gasteiger partial charge in [0.1, 0.15) is 0 Å². The Kier molecular flexibility index (Phi) is 4.64. The van der Waals surface area contributed by atoms with E-state index in [1.807, 2.05) is 20.2 Å². The summed E-state index contributed by atoms with van der Waals surface area (Å²) in [6.45, 7) is 1.85. The van der Waals surface area contributed by atoms with Gasteiger partial charge in [-0.05, 0) is 41.5 Å². The smallest absolute Gasteiger partial charge is 0.0444 e. The molecule has 14 heavy (non-hydrogen) atoms. The van der Waals surface area contributed by atoms with E-state index in [0.29, 0.717) is 0 Å². The number of rotatable bonds is 3. The molecule has 3 heteroatoms. The van der Waals surface area contributed by atoms with Gasteiger partial charge in [-0.3, -0.25) is 4.98 Å². The van der Waals surface area contributed by atoms with E-state index < -0.39 is 0 Å². The van der Waals surface area contributed by atoms with E-state index in [1.165, 1.54) is 0 Å². The van der Waals surface area contributed by atoms with Gasteiger partial charge in [-0.25, -0.2) is 0 Å². The van der Waals surface area contributed by atoms with Crippen LogP contribution in [0.4, 0.5) is 0 Å². The summed E-state index contributed by atoms with van der Waals surface area (Å²) < 4.78 is 1.000. The quantitative estimate of drug-likeness (QED) is 0.837. The molecule has 74 valence electrons. The Hall–Kier alpha value is -0.850. The van der Waals surface area contributed by atoms with E-state index in [4.69, 9.17) is 0 Å². The lowest BCUT2D eigenvalue weighted by atomic mass is 10.1. The molecule has 1 atom stereocenters. The molecule has 0 aliphatic carbocycles. The van der Waals surface area contributed by atoms with Crippen molar-refractivity contribution in [3.63, 3.8) is 0 Å². The summed E-state index contributed by atoms with van der Waals surface area (Å²) >= 11 is 3.40. The van der Waals surface area contributed by atoms with E-state index in [0.717, 1.165) is 16.5 Å². The molecule has 0 amide bonds. The average molecular weight is 253 g/mol. The van der Waals surface area contributed by atoms with Crippen LogP contribution in [0.1, 0.15) is 24.9 Å². The molecule has 0 bridgehead atoms. The Morgan fingerprint density at radius 3 is 2.93 bits per heavy atom. The van der Waals surface area contributed by atoms with Crippen molar-refractivity contribution >= 4 is 15.9 Å². The Morgan fingerprint density at radius 2 is 2.36 bits per heavy atom. The number of hydrogen-bond acceptors (Lipinski definition) is 2. The van der Waals surface area contributed by atoms with Crippen LogP contribution in [-0.4, -0.2) is 12.0 Å². The summed E-state index contributed by atoms with van der Waals surface area (Å²) in [6, 6.07) is 2.32. The van der Waals surface area contributed by atoms with Crippen LogP contribution in [0.2, 0.25) is 0 Å². The lowest BCUT2D eigenvalue weighted by Crippen LogP contribution is -2.15. The van der Waals surface area contributed by atoms with Crippen molar-refractivity contribution < 1.29 is 0 Å². The minimum absolute atomic E-state index is 0.257. The molecule has 1 rings (SSSR count). The fourth-order valence-electron chi connectivity index (χ4n) is 1.21. The Labute approximate surface area is 93.3 Å². The molecule has 0 aliphatic heterocycles. The molecule has 0 fully saturated rings. The first-order valence-electron chi connectivity index (χ1n) is 4.45. The lowest BCUT2D eigenvalue weighted by molar-refractivity contribution is 0.608. The summed E-state index contributed by atoms with van der Waals surface area (Å²) in [6.07, 6.45) is 4.45. The molecule has 1 unspecified atom stereocenters. The number of nitrogens with zero attached hydrogens (tertiary/aromatic N) is 1. The predicted octanol–water partition coefficient (Wildman–Crippen LogP) is 2.52. The van der Waals surface area contributed by atoms with Gasteiger partial charge in [-0.15, -0.1) is 11.8 Å². The van der Waals surface area contributed by atoms with Crippen LogP contribution in [0.15, 0.2) is 22.9 Å². The van der Waals surface area contributed by atoms with Crippen LogP contribution in [0.3, 0.4) is 0 Å². The monoisotopic (exact) mass is 252 g/mol. The highest BCUT2D eigenvalue weighted by atomic mass is 79.9. The molecule has 0 spiro atoms. The molecule has 1 aromatic heterocycles. The largest absolute Gasteiger partial charge is 0.312 e. The van der Waals surface area contributed by atoms with Gasteiger partial charge in [0.15, 0.2) is 0 Å². The topological polar surface area (TPSA) is 24.9 Å². The van der Waals surface area contributed by atoms with Crippen molar-refractivity contribution in [3.8, 4) is 11.8 Å². The Balaban J connectivity index is 2.81. The van der Waals surface area contributed by atoms with Crippen LogP contribution >= 0.6 is 15.9 Å². The molecular weight excluding hydrogens is 240 g/mol. The highest BCUT2D eigenvalue weighted by Gasteiger charge is 2.07. The molecular formula is C11H13BrN2. The zero-order valence-corrected chi connectivity index (χ0v) is 9.93. The van der Waals surface area contributed by atoms with Crippen molar-refractivity contribution in [2.45, 2.75) is 19.4 Å². The second kappa shape index (κ2) is 5.79. The third kappa shape index (κ3) is 3.13. The highest BCUT2D eigenvalue weighted by molar-refractivity contribution is 9.10. The van der Waals surface area contributed by atoms with Crippen molar-refractivity contribution in [2.75, 3.05) is 7.05 Å². The maximum atomic E-state index is 4.13. The molecule has 1 aromatic rings. The third-order valence-corrected chi connectivity index (χ3v) is 2.39. The molecule has 1 heterocycles. The van der Waals surface area contributed by atoms with Crippen LogP contribution in [0.5, 0.6) is 0 Å². The zero-order valence-electron chi connectivity index (χ0n) is 8.34. The van der Waals surface area contributed by atoms with Crippen molar-refractivity contribution in [1.82, 2.24) is 10.3 Å². The summed E-state index contributed by atoms with van der Waals surface area (Å²) in [5.74, 6) is 5.96. The van der Waals surface area contributed by atoms with Crippen molar-refractivity contribution in [2.24, 2.45) is 0 Å². The average Bonchev–Trinajstić information content (AvgIpc) is 2.19. The van der Waals surface area contributed by atoms with E-state index in [9.17, 15) is 0 Å². The summed E-state index contributed by atoms with van der Waals surface area (Å²) in [5.41, 5.74) is 1.16.